The van der Waals surface area contributed by atoms with Gasteiger partial charge in [-0.05, 0) is 49.9 Å². The first kappa shape index (κ1) is 19.5. The number of nitrogens with one attached hydrogen (secondary N) is 1. The highest BCUT2D eigenvalue weighted by Crippen LogP contribution is 2.38. The van der Waals surface area contributed by atoms with Crippen molar-refractivity contribution < 1.29 is 4.79 Å². The summed E-state index contributed by atoms with van der Waals surface area (Å²) in [5, 5.41) is 7.51. The largest absolute Gasteiger partial charge is 0.330 e. The van der Waals surface area contributed by atoms with E-state index >= 15 is 0 Å². The molecule has 1 fully saturated rings. The van der Waals surface area contributed by atoms with Gasteiger partial charge in [0.2, 0.25) is 5.91 Å². The van der Waals surface area contributed by atoms with Crippen LogP contribution in [0.4, 0.5) is 5.69 Å². The average molecular weight is 363 g/mol. The Bertz CT molecular complexity index is 707. The Hall–Kier alpha value is -1.85. The van der Waals surface area contributed by atoms with E-state index in [1.165, 1.54) is 19.3 Å². The molecule has 25 heavy (non-hydrogen) atoms. The first-order valence-electron chi connectivity index (χ1n) is 8.73. The van der Waals surface area contributed by atoms with E-state index in [0.29, 0.717) is 13.0 Å². The van der Waals surface area contributed by atoms with Gasteiger partial charge in [-0.15, -0.1) is 12.4 Å². The van der Waals surface area contributed by atoms with E-state index in [9.17, 15) is 4.79 Å². The van der Waals surface area contributed by atoms with Crippen LogP contribution in [0.2, 0.25) is 0 Å². The molecule has 0 atom stereocenters. The number of benzene rings is 1. The average Bonchev–Trinajstić information content (AvgIpc) is 3.02. The highest BCUT2D eigenvalue weighted by molar-refractivity contribution is 5.93. The number of hydrogen-bond acceptors (Lipinski definition) is 3. The van der Waals surface area contributed by atoms with Crippen molar-refractivity contribution in [3.63, 3.8) is 0 Å². The number of nitrogens with two attached hydrogens (primary N) is 1. The highest BCUT2D eigenvalue weighted by Gasteiger charge is 2.33. The van der Waals surface area contributed by atoms with Gasteiger partial charge in [-0.1, -0.05) is 31.4 Å². The van der Waals surface area contributed by atoms with Crippen molar-refractivity contribution in [3.8, 4) is 5.69 Å². The molecule has 0 aliphatic heterocycles. The predicted octanol–water partition coefficient (Wildman–Crippen LogP) is 3.84. The van der Waals surface area contributed by atoms with Crippen molar-refractivity contribution in [3.05, 3.63) is 42.2 Å². The van der Waals surface area contributed by atoms with Crippen LogP contribution in [-0.2, 0) is 4.79 Å². The molecule has 0 radical (unpaired) electrons. The summed E-state index contributed by atoms with van der Waals surface area (Å²) in [5.41, 5.74) is 8.59. The van der Waals surface area contributed by atoms with E-state index in [1.54, 1.807) is 4.68 Å². The van der Waals surface area contributed by atoms with Crippen LogP contribution in [0.15, 0.2) is 36.5 Å². The Morgan fingerprint density at radius 2 is 1.96 bits per heavy atom. The lowest BCUT2D eigenvalue weighted by Gasteiger charge is -2.35. The molecule has 0 bridgehead atoms. The van der Waals surface area contributed by atoms with E-state index in [2.05, 4.69) is 10.4 Å². The van der Waals surface area contributed by atoms with Crippen molar-refractivity contribution in [2.24, 2.45) is 11.1 Å². The monoisotopic (exact) mass is 362 g/mol. The predicted molar refractivity (Wildman–Crippen MR) is 103 cm³/mol. The van der Waals surface area contributed by atoms with Crippen LogP contribution in [0.3, 0.4) is 0 Å². The maximum atomic E-state index is 12.6. The first-order chi connectivity index (χ1) is 11.6. The smallest absolute Gasteiger partial charge is 0.225 e. The summed E-state index contributed by atoms with van der Waals surface area (Å²) in [4.78, 5) is 12.6. The zero-order valence-corrected chi connectivity index (χ0v) is 15.5. The van der Waals surface area contributed by atoms with Crippen molar-refractivity contribution in [1.82, 2.24) is 9.78 Å². The van der Waals surface area contributed by atoms with Gasteiger partial charge in [0.1, 0.15) is 0 Å². The van der Waals surface area contributed by atoms with Gasteiger partial charge in [-0.2, -0.15) is 5.10 Å². The molecule has 0 spiro atoms. The lowest BCUT2D eigenvalue weighted by Crippen LogP contribution is -2.36. The van der Waals surface area contributed by atoms with Gasteiger partial charge in [0.15, 0.2) is 0 Å². The molecule has 1 aromatic heterocycles. The molecule has 1 heterocycles. The molecule has 2 aromatic rings. The number of halogens is 1. The molecule has 1 aliphatic rings. The second kappa shape index (κ2) is 8.50. The fourth-order valence-electron chi connectivity index (χ4n) is 3.62. The summed E-state index contributed by atoms with van der Waals surface area (Å²) >= 11 is 0. The fourth-order valence-corrected chi connectivity index (χ4v) is 3.62. The first-order valence-corrected chi connectivity index (χ1v) is 8.73. The summed E-state index contributed by atoms with van der Waals surface area (Å²) in [6, 6.07) is 9.70. The molecule has 1 aliphatic carbocycles. The van der Waals surface area contributed by atoms with Crippen molar-refractivity contribution >= 4 is 24.0 Å². The van der Waals surface area contributed by atoms with Crippen molar-refractivity contribution in [2.75, 3.05) is 11.9 Å². The lowest BCUT2D eigenvalue weighted by molar-refractivity contribution is -0.118. The molecule has 5 nitrogen and oxygen atoms in total. The number of carbonyl (C=O) groups excluding carboxylic acids is 1. The summed E-state index contributed by atoms with van der Waals surface area (Å²) in [5.74, 6) is 0.0404. The van der Waals surface area contributed by atoms with Crippen molar-refractivity contribution in [2.45, 2.75) is 45.4 Å². The minimum Gasteiger partial charge on any atom is -0.330 e. The minimum atomic E-state index is -0.0282. The molecular formula is C19H27ClN4O. The molecule has 3 N–H and O–H groups in total. The van der Waals surface area contributed by atoms with Gasteiger partial charge in [0.05, 0.1) is 17.1 Å². The minimum absolute atomic E-state index is 0. The molecule has 0 unspecified atom stereocenters. The molecule has 0 saturated heterocycles. The number of nitrogens with zero attached hydrogens (tertiary/aromatic N) is 2. The molecular weight excluding hydrogens is 336 g/mol. The topological polar surface area (TPSA) is 72.9 Å². The van der Waals surface area contributed by atoms with Crippen molar-refractivity contribution in [1.29, 1.82) is 0 Å². The van der Waals surface area contributed by atoms with E-state index in [0.717, 1.165) is 29.9 Å². The van der Waals surface area contributed by atoms with Gasteiger partial charge in [-0.25, -0.2) is 4.68 Å². The van der Waals surface area contributed by atoms with Gasteiger partial charge in [0, 0.05) is 12.6 Å². The third-order valence-electron chi connectivity index (χ3n) is 5.03. The number of aryl methyl sites for hydroxylation is 1. The van der Waals surface area contributed by atoms with Crippen LogP contribution in [0, 0.1) is 12.3 Å². The van der Waals surface area contributed by atoms with E-state index in [-0.39, 0.29) is 23.7 Å². The second-order valence-electron chi connectivity index (χ2n) is 6.91. The van der Waals surface area contributed by atoms with Crippen LogP contribution in [0.25, 0.3) is 5.69 Å². The Balaban J connectivity index is 0.00000225. The maximum Gasteiger partial charge on any atom is 0.225 e. The van der Waals surface area contributed by atoms with Crippen LogP contribution >= 0.6 is 12.4 Å². The second-order valence-corrected chi connectivity index (χ2v) is 6.91. The zero-order valence-electron chi connectivity index (χ0n) is 14.7. The standard InChI is InChI=1S/C19H26N4O.ClH/c1-15-9-12-23(22-15)17-8-4-3-7-16(17)21-18(24)13-19(14-20)10-5-2-6-11-19;/h3-4,7-9,12H,2,5-6,10-11,13-14,20H2,1H3,(H,21,24);1H. The number of aromatic nitrogens is 2. The SMILES string of the molecule is Cc1ccn(-c2ccccc2NC(=O)CC2(CN)CCCCC2)n1.Cl. The summed E-state index contributed by atoms with van der Waals surface area (Å²) in [6.07, 6.45) is 8.11. The van der Waals surface area contributed by atoms with Crippen LogP contribution < -0.4 is 11.1 Å². The Kier molecular flexibility index (Phi) is 6.62. The van der Waals surface area contributed by atoms with Gasteiger partial charge in [-0.3, -0.25) is 4.79 Å². The Morgan fingerprint density at radius 3 is 2.60 bits per heavy atom. The third-order valence-corrected chi connectivity index (χ3v) is 5.03. The number of rotatable bonds is 5. The van der Waals surface area contributed by atoms with E-state index in [4.69, 9.17) is 5.73 Å². The number of carbonyl (C=O) groups is 1. The van der Waals surface area contributed by atoms with E-state index < -0.39 is 0 Å². The molecule has 1 amide bonds. The normalized spacial score (nSPS) is 16.1. The van der Waals surface area contributed by atoms with Gasteiger partial charge < -0.3 is 11.1 Å². The highest BCUT2D eigenvalue weighted by atomic mass is 35.5. The van der Waals surface area contributed by atoms with Gasteiger partial charge in [0.25, 0.3) is 0 Å². The van der Waals surface area contributed by atoms with Gasteiger partial charge >= 0.3 is 0 Å². The molecule has 136 valence electrons. The summed E-state index contributed by atoms with van der Waals surface area (Å²) in [7, 11) is 0. The van der Waals surface area contributed by atoms with E-state index in [1.807, 2.05) is 43.5 Å². The number of anilines is 1. The Morgan fingerprint density at radius 1 is 1.24 bits per heavy atom. The summed E-state index contributed by atoms with van der Waals surface area (Å²) in [6.45, 7) is 2.53. The number of hydrogen-bond donors (Lipinski definition) is 2. The molecule has 1 aromatic carbocycles. The van der Waals surface area contributed by atoms with Crippen LogP contribution in [-0.4, -0.2) is 22.2 Å². The number of amides is 1. The molecule has 1 saturated carbocycles. The van der Waals surface area contributed by atoms with Crippen LogP contribution in [0.1, 0.15) is 44.2 Å². The molecule has 6 heteroatoms. The maximum absolute atomic E-state index is 12.6. The fraction of sp³-hybridized carbons (Fsp3) is 0.474. The summed E-state index contributed by atoms with van der Waals surface area (Å²) < 4.78 is 1.80. The number of para-hydroxylation sites is 2. The zero-order chi connectivity index (χ0) is 17.0. The quantitative estimate of drug-likeness (QED) is 0.848. The molecule has 3 rings (SSSR count). The van der Waals surface area contributed by atoms with Crippen LogP contribution in [0.5, 0.6) is 0 Å². The third kappa shape index (κ3) is 4.61. The lowest BCUT2D eigenvalue weighted by atomic mass is 9.71. The Labute approximate surface area is 155 Å².